The predicted molar refractivity (Wildman–Crippen MR) is 66.8 cm³/mol. The molecule has 0 radical (unpaired) electrons. The summed E-state index contributed by atoms with van der Waals surface area (Å²) in [6.07, 6.45) is 2.43. The molecule has 0 aromatic carbocycles. The Labute approximate surface area is 102 Å². The maximum Gasteiger partial charge on any atom is 0.150 e. The van der Waals surface area contributed by atoms with Crippen molar-refractivity contribution in [2.24, 2.45) is 5.92 Å². The second-order valence-corrected chi connectivity index (χ2v) is 6.80. The lowest BCUT2D eigenvalue weighted by molar-refractivity contribution is 0.595. The van der Waals surface area contributed by atoms with E-state index in [0.29, 0.717) is 12.3 Å². The Bertz CT molecular complexity index is 513. The average Bonchev–Trinajstić information content (AvgIpc) is 2.60. The van der Waals surface area contributed by atoms with Crippen LogP contribution < -0.4 is 5.32 Å². The van der Waals surface area contributed by atoms with Crippen LogP contribution in [0.15, 0.2) is 6.20 Å². The summed E-state index contributed by atoms with van der Waals surface area (Å²) < 4.78 is 22.6. The molecule has 1 aliphatic heterocycles. The first-order valence-electron chi connectivity index (χ1n) is 5.71. The normalized spacial score (nSPS) is 22.6. The number of hydrogen-bond donors (Lipinski definition) is 1. The van der Waals surface area contributed by atoms with E-state index in [9.17, 15) is 8.42 Å². The Morgan fingerprint density at radius 2 is 2.18 bits per heavy atom. The van der Waals surface area contributed by atoms with Gasteiger partial charge in [-0.1, -0.05) is 0 Å². The number of sulfone groups is 1. The standard InChI is InChI=1S/C11H17N3O2S/c1-8-9(2)14-11(6-12-8)13-5-10-3-4-17(15,16)7-10/h6,10H,3-5,7H2,1-2H3,(H,13,14). The number of aromatic nitrogens is 2. The Morgan fingerprint density at radius 1 is 1.41 bits per heavy atom. The highest BCUT2D eigenvalue weighted by Crippen LogP contribution is 2.18. The van der Waals surface area contributed by atoms with Crippen LogP contribution in [-0.4, -0.2) is 36.4 Å². The molecule has 1 atom stereocenters. The molecule has 0 bridgehead atoms. The van der Waals surface area contributed by atoms with Crippen molar-refractivity contribution in [3.05, 3.63) is 17.6 Å². The first kappa shape index (κ1) is 12.3. The maximum absolute atomic E-state index is 11.3. The van der Waals surface area contributed by atoms with Crippen LogP contribution in [0.3, 0.4) is 0 Å². The molecule has 17 heavy (non-hydrogen) atoms. The van der Waals surface area contributed by atoms with E-state index in [-0.39, 0.29) is 11.7 Å². The van der Waals surface area contributed by atoms with Gasteiger partial charge in [-0.25, -0.2) is 13.4 Å². The maximum atomic E-state index is 11.3. The third kappa shape index (κ3) is 3.15. The van der Waals surface area contributed by atoms with Crippen molar-refractivity contribution in [2.45, 2.75) is 20.3 Å². The minimum Gasteiger partial charge on any atom is -0.368 e. The van der Waals surface area contributed by atoms with Crippen molar-refractivity contribution in [3.63, 3.8) is 0 Å². The smallest absolute Gasteiger partial charge is 0.150 e. The average molecular weight is 255 g/mol. The molecule has 0 spiro atoms. The van der Waals surface area contributed by atoms with Crippen LogP contribution >= 0.6 is 0 Å². The number of rotatable bonds is 3. The molecule has 2 rings (SSSR count). The van der Waals surface area contributed by atoms with Gasteiger partial charge in [-0.05, 0) is 26.2 Å². The minimum absolute atomic E-state index is 0.198. The van der Waals surface area contributed by atoms with Crippen molar-refractivity contribution in [2.75, 3.05) is 23.4 Å². The highest BCUT2D eigenvalue weighted by molar-refractivity contribution is 7.91. The quantitative estimate of drug-likeness (QED) is 0.870. The summed E-state index contributed by atoms with van der Waals surface area (Å²) in [5, 5.41) is 3.15. The van der Waals surface area contributed by atoms with Crippen molar-refractivity contribution < 1.29 is 8.42 Å². The number of aryl methyl sites for hydroxylation is 2. The van der Waals surface area contributed by atoms with Gasteiger partial charge in [-0.15, -0.1) is 0 Å². The highest BCUT2D eigenvalue weighted by atomic mass is 32.2. The van der Waals surface area contributed by atoms with Gasteiger partial charge in [0.25, 0.3) is 0 Å². The van der Waals surface area contributed by atoms with Gasteiger partial charge in [-0.2, -0.15) is 0 Å². The summed E-state index contributed by atoms with van der Waals surface area (Å²) in [7, 11) is -2.79. The lowest BCUT2D eigenvalue weighted by Gasteiger charge is -2.10. The summed E-state index contributed by atoms with van der Waals surface area (Å²) in [6.45, 7) is 4.47. The van der Waals surface area contributed by atoms with Crippen molar-refractivity contribution in [1.29, 1.82) is 0 Å². The molecule has 1 fully saturated rings. The number of nitrogens with zero attached hydrogens (tertiary/aromatic N) is 2. The number of anilines is 1. The molecular weight excluding hydrogens is 238 g/mol. The summed E-state index contributed by atoms with van der Waals surface area (Å²) >= 11 is 0. The second-order valence-electron chi connectivity index (χ2n) is 4.58. The van der Waals surface area contributed by atoms with Gasteiger partial charge >= 0.3 is 0 Å². The van der Waals surface area contributed by atoms with Crippen LogP contribution in [0.4, 0.5) is 5.82 Å². The zero-order valence-electron chi connectivity index (χ0n) is 10.1. The fourth-order valence-electron chi connectivity index (χ4n) is 1.91. The zero-order valence-corrected chi connectivity index (χ0v) is 10.9. The van der Waals surface area contributed by atoms with Gasteiger partial charge in [0.15, 0.2) is 9.84 Å². The molecule has 0 saturated carbocycles. The van der Waals surface area contributed by atoms with Crippen molar-refractivity contribution in [1.82, 2.24) is 9.97 Å². The zero-order chi connectivity index (χ0) is 12.5. The van der Waals surface area contributed by atoms with Crippen LogP contribution in [-0.2, 0) is 9.84 Å². The molecule has 1 N–H and O–H groups in total. The van der Waals surface area contributed by atoms with E-state index in [4.69, 9.17) is 0 Å². The van der Waals surface area contributed by atoms with Crippen LogP contribution in [0.1, 0.15) is 17.8 Å². The molecule has 1 aliphatic rings. The molecule has 0 aliphatic carbocycles. The van der Waals surface area contributed by atoms with Crippen molar-refractivity contribution >= 4 is 15.7 Å². The van der Waals surface area contributed by atoms with E-state index >= 15 is 0 Å². The van der Waals surface area contributed by atoms with E-state index in [2.05, 4.69) is 15.3 Å². The Morgan fingerprint density at radius 3 is 2.76 bits per heavy atom. The molecule has 1 aromatic rings. The molecule has 1 saturated heterocycles. The van der Waals surface area contributed by atoms with E-state index in [1.54, 1.807) is 6.20 Å². The van der Waals surface area contributed by atoms with Crippen LogP contribution in [0.2, 0.25) is 0 Å². The van der Waals surface area contributed by atoms with Gasteiger partial charge in [0, 0.05) is 6.54 Å². The van der Waals surface area contributed by atoms with E-state index in [1.165, 1.54) is 0 Å². The third-order valence-electron chi connectivity index (χ3n) is 3.09. The van der Waals surface area contributed by atoms with E-state index in [1.807, 2.05) is 13.8 Å². The Balaban J connectivity index is 1.92. The molecule has 1 unspecified atom stereocenters. The van der Waals surface area contributed by atoms with Gasteiger partial charge in [0.2, 0.25) is 0 Å². The number of hydrogen-bond acceptors (Lipinski definition) is 5. The number of nitrogens with one attached hydrogen (secondary N) is 1. The summed E-state index contributed by atoms with van der Waals surface area (Å²) in [4.78, 5) is 8.56. The molecule has 0 amide bonds. The first-order chi connectivity index (χ1) is 7.96. The largest absolute Gasteiger partial charge is 0.368 e. The minimum atomic E-state index is -2.79. The molecule has 5 nitrogen and oxygen atoms in total. The molecule has 2 heterocycles. The highest BCUT2D eigenvalue weighted by Gasteiger charge is 2.27. The lowest BCUT2D eigenvalue weighted by Crippen LogP contribution is -2.16. The topological polar surface area (TPSA) is 72.0 Å². The fourth-order valence-corrected chi connectivity index (χ4v) is 3.77. The molecule has 1 aromatic heterocycles. The lowest BCUT2D eigenvalue weighted by atomic mass is 10.1. The Kier molecular flexibility index (Phi) is 3.33. The summed E-state index contributed by atoms with van der Waals surface area (Å²) in [5.74, 6) is 1.52. The SMILES string of the molecule is Cc1ncc(NCC2CCS(=O)(=O)C2)nc1C. The van der Waals surface area contributed by atoms with Gasteiger partial charge in [0.1, 0.15) is 5.82 Å². The summed E-state index contributed by atoms with van der Waals surface area (Å²) in [5.41, 5.74) is 1.81. The second kappa shape index (κ2) is 4.60. The van der Waals surface area contributed by atoms with Crippen LogP contribution in [0.5, 0.6) is 0 Å². The van der Waals surface area contributed by atoms with Gasteiger partial charge < -0.3 is 5.32 Å². The molecular formula is C11H17N3O2S. The van der Waals surface area contributed by atoms with Crippen LogP contribution in [0, 0.1) is 19.8 Å². The van der Waals surface area contributed by atoms with E-state index < -0.39 is 9.84 Å². The van der Waals surface area contributed by atoms with Crippen molar-refractivity contribution in [3.8, 4) is 0 Å². The fraction of sp³-hybridized carbons (Fsp3) is 0.636. The monoisotopic (exact) mass is 255 g/mol. The molecule has 6 heteroatoms. The third-order valence-corrected chi connectivity index (χ3v) is 4.93. The Hall–Kier alpha value is -1.17. The van der Waals surface area contributed by atoms with Gasteiger partial charge in [-0.3, -0.25) is 4.98 Å². The van der Waals surface area contributed by atoms with E-state index in [0.717, 1.165) is 23.6 Å². The first-order valence-corrected chi connectivity index (χ1v) is 7.53. The van der Waals surface area contributed by atoms with Crippen LogP contribution in [0.25, 0.3) is 0 Å². The predicted octanol–water partition coefficient (Wildman–Crippen LogP) is 0.940. The molecule has 94 valence electrons. The van der Waals surface area contributed by atoms with Gasteiger partial charge in [0.05, 0.1) is 29.1 Å². The summed E-state index contributed by atoms with van der Waals surface area (Å²) in [6, 6.07) is 0.